The van der Waals surface area contributed by atoms with E-state index in [1.165, 1.54) is 26.2 Å². The highest BCUT2D eigenvalue weighted by atomic mass is 32.2. The first-order valence-corrected chi connectivity index (χ1v) is 13.3. The summed E-state index contributed by atoms with van der Waals surface area (Å²) in [7, 11) is -3.38. The Kier molecular flexibility index (Phi) is 8.47. The minimum absolute atomic E-state index is 0.00610. The Labute approximate surface area is 200 Å². The highest BCUT2D eigenvalue weighted by Crippen LogP contribution is 2.28. The van der Waals surface area contributed by atoms with E-state index in [0.717, 1.165) is 44.8 Å². The van der Waals surface area contributed by atoms with Crippen LogP contribution in [0, 0.1) is 0 Å². The molecule has 2 heterocycles. The lowest BCUT2D eigenvalue weighted by Crippen LogP contribution is -2.44. The van der Waals surface area contributed by atoms with Crippen LogP contribution in [-0.4, -0.2) is 72.6 Å². The van der Waals surface area contributed by atoms with Gasteiger partial charge in [0.2, 0.25) is 5.88 Å². The van der Waals surface area contributed by atoms with Crippen molar-refractivity contribution in [1.82, 2.24) is 14.9 Å². The van der Waals surface area contributed by atoms with Crippen LogP contribution < -0.4 is 10.6 Å². The Morgan fingerprint density at radius 3 is 2.21 bits per heavy atom. The quantitative estimate of drug-likeness (QED) is 0.342. The molecule has 190 valence electrons. The Morgan fingerprint density at radius 1 is 1.12 bits per heavy atom. The van der Waals surface area contributed by atoms with E-state index in [1.54, 1.807) is 0 Å². The maximum atomic E-state index is 14.0. The molecule has 34 heavy (non-hydrogen) atoms. The number of likely N-dealkylation sites (tertiary alicyclic amines) is 1. The number of alkyl halides is 1. The van der Waals surface area contributed by atoms with Gasteiger partial charge >= 0.3 is 6.02 Å². The van der Waals surface area contributed by atoms with Gasteiger partial charge in [0.1, 0.15) is 11.8 Å². The highest BCUT2D eigenvalue weighted by Gasteiger charge is 2.30. The summed E-state index contributed by atoms with van der Waals surface area (Å²) in [6, 6.07) is 0.166. The molecule has 0 amide bonds. The third-order valence-corrected chi connectivity index (χ3v) is 6.98. The van der Waals surface area contributed by atoms with Crippen molar-refractivity contribution in [1.29, 1.82) is 0 Å². The number of amidine groups is 1. The predicted molar refractivity (Wildman–Crippen MR) is 125 cm³/mol. The largest absolute Gasteiger partial charge is 0.473 e. The summed E-state index contributed by atoms with van der Waals surface area (Å²) in [6.45, 7) is 7.70. The van der Waals surface area contributed by atoms with Gasteiger partial charge in [-0.1, -0.05) is 6.58 Å². The van der Waals surface area contributed by atoms with Crippen LogP contribution in [0.2, 0.25) is 0 Å². The monoisotopic (exact) mass is 499 g/mol. The first-order chi connectivity index (χ1) is 16.0. The Balaban J connectivity index is 1.41. The molecule has 1 aromatic heterocycles. The van der Waals surface area contributed by atoms with E-state index in [9.17, 15) is 12.8 Å². The van der Waals surface area contributed by atoms with Crippen molar-refractivity contribution in [2.75, 3.05) is 19.3 Å². The Bertz CT molecular complexity index is 964. The molecule has 0 unspecified atom stereocenters. The fourth-order valence-electron chi connectivity index (χ4n) is 3.89. The van der Waals surface area contributed by atoms with Crippen molar-refractivity contribution in [3.63, 3.8) is 0 Å². The van der Waals surface area contributed by atoms with Gasteiger partial charge in [0.05, 0.1) is 30.3 Å². The van der Waals surface area contributed by atoms with E-state index in [0.29, 0.717) is 19.0 Å². The number of hydrogen-bond donors (Lipinski definition) is 1. The van der Waals surface area contributed by atoms with Gasteiger partial charge in [0, 0.05) is 19.3 Å². The van der Waals surface area contributed by atoms with E-state index in [4.69, 9.17) is 20.2 Å². The number of hydrogen-bond acceptors (Lipinski definition) is 9. The maximum absolute atomic E-state index is 14.0. The molecule has 1 aromatic rings. The molecule has 0 aromatic carbocycles. The number of halogens is 1. The Hall–Kier alpha value is -2.31. The molecule has 0 radical (unpaired) electrons. The summed E-state index contributed by atoms with van der Waals surface area (Å²) in [4.78, 5) is 18.8. The molecular weight excluding hydrogens is 465 g/mol. The number of aliphatic imine (C=N–C) groups is 1. The first kappa shape index (κ1) is 26.3. The summed E-state index contributed by atoms with van der Waals surface area (Å²) in [5.41, 5.74) is -1.59. The van der Waals surface area contributed by atoms with Crippen molar-refractivity contribution in [3.05, 3.63) is 24.7 Å². The third kappa shape index (κ3) is 7.34. The number of ether oxygens (including phenoxy) is 2. The molecule has 1 aliphatic carbocycles. The maximum Gasteiger partial charge on any atom is 0.312 e. The van der Waals surface area contributed by atoms with Gasteiger partial charge in [-0.3, -0.25) is 0 Å². The second-order valence-corrected chi connectivity index (χ2v) is 11.2. The van der Waals surface area contributed by atoms with E-state index < -0.39 is 15.5 Å². The van der Waals surface area contributed by atoms with E-state index in [1.807, 2.05) is 4.90 Å². The topological polar surface area (TPSA) is 129 Å². The van der Waals surface area contributed by atoms with Crippen molar-refractivity contribution < 1.29 is 27.1 Å². The number of nitrogens with zero attached hydrogens (tertiary/aromatic N) is 4. The normalized spacial score (nSPS) is 23.0. The number of nitrogens with two attached hydrogens (primary N) is 1. The second kappa shape index (κ2) is 11.0. The lowest BCUT2D eigenvalue weighted by molar-refractivity contribution is -0.0630. The summed E-state index contributed by atoms with van der Waals surface area (Å²) in [5.74, 6) is 5.68. The number of allylic oxidation sites excluding steroid dienone is 1. The zero-order chi connectivity index (χ0) is 24.9. The average molecular weight is 500 g/mol. The molecule has 0 atom stereocenters. The number of sulfone groups is 1. The molecule has 0 bridgehead atoms. The van der Waals surface area contributed by atoms with Crippen LogP contribution in [0.4, 0.5) is 4.39 Å². The highest BCUT2D eigenvalue weighted by molar-refractivity contribution is 7.90. The smallest absolute Gasteiger partial charge is 0.312 e. The van der Waals surface area contributed by atoms with Crippen LogP contribution in [0.15, 0.2) is 34.7 Å². The molecule has 0 spiro atoms. The summed E-state index contributed by atoms with van der Waals surface area (Å²) >= 11 is 0. The van der Waals surface area contributed by atoms with Crippen molar-refractivity contribution >= 4 is 15.9 Å². The average Bonchev–Trinajstić information content (AvgIpc) is 2.78. The number of rotatable bonds is 7. The third-order valence-electron chi connectivity index (χ3n) is 6.01. The van der Waals surface area contributed by atoms with Crippen LogP contribution in [0.5, 0.6) is 5.88 Å². The standard InChI is InChI=1S/C22H34FN5O5S/c1-15(22(2,3)23)27-21(33-24)28-11-9-18(10-12-28)31-16-5-7-17(8-6-16)32-19-13-26-20(14-25-19)34(4,29)30/h13-14,16-18H,1,5-12,24H2,2-4H3/b27-21-/t16-,17-. The van der Waals surface area contributed by atoms with Crippen LogP contribution in [-0.2, 0) is 19.4 Å². The Morgan fingerprint density at radius 2 is 1.71 bits per heavy atom. The van der Waals surface area contributed by atoms with Crippen molar-refractivity contribution in [2.45, 2.75) is 81.4 Å². The van der Waals surface area contributed by atoms with Gasteiger partial charge in [-0.2, -0.15) is 10.9 Å². The molecule has 3 rings (SSSR count). The van der Waals surface area contributed by atoms with E-state index in [-0.39, 0.29) is 35.1 Å². The van der Waals surface area contributed by atoms with Gasteiger partial charge in [-0.25, -0.2) is 22.8 Å². The molecular formula is C22H34FN5O5S. The predicted octanol–water partition coefficient (Wildman–Crippen LogP) is 2.56. The molecule has 12 heteroatoms. The van der Waals surface area contributed by atoms with E-state index in [2.05, 4.69) is 21.5 Å². The SMILES string of the molecule is C=C(/N=C(\ON)N1CCC(O[C@H]2CC[C@H](Oc3cnc(S(C)(=O)=O)cn3)CC2)CC1)C(C)(C)F. The van der Waals surface area contributed by atoms with Crippen LogP contribution in [0.3, 0.4) is 0 Å². The molecule has 2 aliphatic rings. The van der Waals surface area contributed by atoms with Gasteiger partial charge in [0.15, 0.2) is 14.9 Å². The lowest BCUT2D eigenvalue weighted by Gasteiger charge is -2.36. The fraction of sp³-hybridized carbons (Fsp3) is 0.682. The minimum Gasteiger partial charge on any atom is -0.473 e. The van der Waals surface area contributed by atoms with E-state index >= 15 is 0 Å². The summed E-state index contributed by atoms with van der Waals surface area (Å²) in [5, 5.41) is -0.0735. The molecule has 1 saturated carbocycles. The van der Waals surface area contributed by atoms with Gasteiger partial charge < -0.3 is 19.2 Å². The van der Waals surface area contributed by atoms with Crippen LogP contribution in [0.25, 0.3) is 0 Å². The summed E-state index contributed by atoms with van der Waals surface area (Å²) < 4.78 is 49.1. The number of aromatic nitrogens is 2. The van der Waals surface area contributed by atoms with Gasteiger partial charge in [0.25, 0.3) is 0 Å². The molecule has 10 nitrogen and oxygen atoms in total. The zero-order valence-corrected chi connectivity index (χ0v) is 20.8. The van der Waals surface area contributed by atoms with Gasteiger partial charge in [-0.15, -0.1) is 0 Å². The lowest BCUT2D eigenvalue weighted by atomic mass is 9.94. The molecule has 1 aliphatic heterocycles. The van der Waals surface area contributed by atoms with Gasteiger partial charge in [-0.05, 0) is 52.4 Å². The molecule has 1 saturated heterocycles. The zero-order valence-electron chi connectivity index (χ0n) is 19.9. The second-order valence-electron chi connectivity index (χ2n) is 9.24. The van der Waals surface area contributed by atoms with Crippen LogP contribution >= 0.6 is 0 Å². The summed E-state index contributed by atoms with van der Waals surface area (Å²) in [6.07, 6.45) is 8.85. The molecule has 2 N–H and O–H groups in total. The first-order valence-electron chi connectivity index (χ1n) is 11.4. The fourth-order valence-corrected chi connectivity index (χ4v) is 4.38. The van der Waals surface area contributed by atoms with Crippen molar-refractivity contribution in [2.24, 2.45) is 10.9 Å². The minimum atomic E-state index is -3.38. The van der Waals surface area contributed by atoms with Crippen molar-refractivity contribution in [3.8, 4) is 5.88 Å². The van der Waals surface area contributed by atoms with Crippen LogP contribution in [0.1, 0.15) is 52.4 Å². The number of piperidine rings is 1. The molecule has 2 fully saturated rings.